The summed E-state index contributed by atoms with van der Waals surface area (Å²) in [6, 6.07) is 2.04. The second-order valence-electron chi connectivity index (χ2n) is 3.30. The zero-order valence-corrected chi connectivity index (χ0v) is 9.66. The van der Waals surface area contributed by atoms with Crippen molar-refractivity contribution in [1.29, 1.82) is 0 Å². The SMILES string of the molecule is CC(C)c1ncc2cc(I)[nH]c2n1. The zero-order valence-electron chi connectivity index (χ0n) is 7.50. The molecular formula is C9H10IN3. The highest BCUT2D eigenvalue weighted by Gasteiger charge is 2.05. The molecule has 13 heavy (non-hydrogen) atoms. The summed E-state index contributed by atoms with van der Waals surface area (Å²) in [5, 5.41) is 1.08. The van der Waals surface area contributed by atoms with Gasteiger partial charge < -0.3 is 4.98 Å². The third kappa shape index (κ3) is 1.67. The predicted molar refractivity (Wildman–Crippen MR) is 60.7 cm³/mol. The number of hydrogen-bond acceptors (Lipinski definition) is 2. The highest BCUT2D eigenvalue weighted by atomic mass is 127. The summed E-state index contributed by atoms with van der Waals surface area (Å²) in [7, 11) is 0. The van der Waals surface area contributed by atoms with Crippen LogP contribution in [0, 0.1) is 3.70 Å². The van der Waals surface area contributed by atoms with Gasteiger partial charge in [-0.25, -0.2) is 9.97 Å². The Bertz CT molecular complexity index is 433. The zero-order chi connectivity index (χ0) is 9.42. The summed E-state index contributed by atoms with van der Waals surface area (Å²) < 4.78 is 1.10. The van der Waals surface area contributed by atoms with E-state index < -0.39 is 0 Å². The molecule has 0 saturated carbocycles. The number of hydrogen-bond donors (Lipinski definition) is 1. The Labute approximate surface area is 90.1 Å². The number of rotatable bonds is 1. The lowest BCUT2D eigenvalue weighted by atomic mass is 10.2. The maximum absolute atomic E-state index is 4.42. The molecule has 0 unspecified atom stereocenters. The molecule has 1 N–H and O–H groups in total. The van der Waals surface area contributed by atoms with Crippen molar-refractivity contribution in [3.05, 3.63) is 21.8 Å². The van der Waals surface area contributed by atoms with Crippen LogP contribution >= 0.6 is 22.6 Å². The van der Waals surface area contributed by atoms with E-state index in [1.165, 1.54) is 0 Å². The molecule has 2 aromatic heterocycles. The maximum Gasteiger partial charge on any atom is 0.141 e. The molecule has 2 rings (SSSR count). The normalized spacial score (nSPS) is 11.4. The van der Waals surface area contributed by atoms with Gasteiger partial charge in [-0.05, 0) is 28.7 Å². The molecule has 0 aromatic carbocycles. The number of aromatic amines is 1. The van der Waals surface area contributed by atoms with Crippen LogP contribution in [0.3, 0.4) is 0 Å². The highest BCUT2D eigenvalue weighted by Crippen LogP contribution is 2.16. The first kappa shape index (κ1) is 8.93. The predicted octanol–water partition coefficient (Wildman–Crippen LogP) is 2.69. The van der Waals surface area contributed by atoms with E-state index in [1.807, 2.05) is 12.3 Å². The average Bonchev–Trinajstić information content (AvgIpc) is 2.42. The lowest BCUT2D eigenvalue weighted by molar-refractivity contribution is 0.781. The van der Waals surface area contributed by atoms with Crippen molar-refractivity contribution in [2.45, 2.75) is 19.8 Å². The maximum atomic E-state index is 4.42. The third-order valence-electron chi connectivity index (χ3n) is 1.87. The summed E-state index contributed by atoms with van der Waals surface area (Å²) in [5.74, 6) is 1.27. The Hall–Kier alpha value is -0.650. The summed E-state index contributed by atoms with van der Waals surface area (Å²) >= 11 is 2.24. The van der Waals surface area contributed by atoms with Gasteiger partial charge in [0.1, 0.15) is 11.5 Å². The first-order valence-electron chi connectivity index (χ1n) is 4.18. The van der Waals surface area contributed by atoms with Crippen LogP contribution in [0.2, 0.25) is 0 Å². The minimum Gasteiger partial charge on any atom is -0.335 e. The summed E-state index contributed by atoms with van der Waals surface area (Å²) in [5.41, 5.74) is 0.933. The van der Waals surface area contributed by atoms with Gasteiger partial charge in [0, 0.05) is 17.5 Å². The molecule has 0 amide bonds. The molecule has 0 bridgehead atoms. The number of fused-ring (bicyclic) bond motifs is 1. The Balaban J connectivity index is 2.61. The quantitative estimate of drug-likeness (QED) is 0.819. The van der Waals surface area contributed by atoms with Gasteiger partial charge in [-0.2, -0.15) is 0 Å². The van der Waals surface area contributed by atoms with Gasteiger partial charge in [-0.3, -0.25) is 0 Å². The van der Waals surface area contributed by atoms with Crippen LogP contribution in [0.15, 0.2) is 12.3 Å². The van der Waals surface area contributed by atoms with Crippen LogP contribution in [0.25, 0.3) is 11.0 Å². The van der Waals surface area contributed by atoms with Gasteiger partial charge in [-0.1, -0.05) is 13.8 Å². The molecule has 0 aliphatic heterocycles. The van der Waals surface area contributed by atoms with Gasteiger partial charge >= 0.3 is 0 Å². The molecule has 0 radical (unpaired) electrons. The smallest absolute Gasteiger partial charge is 0.141 e. The Kier molecular flexibility index (Phi) is 2.23. The molecule has 0 atom stereocenters. The van der Waals surface area contributed by atoms with Gasteiger partial charge in [0.15, 0.2) is 0 Å². The fraction of sp³-hybridized carbons (Fsp3) is 0.333. The number of H-pyrrole nitrogens is 1. The first-order chi connectivity index (χ1) is 6.16. The van der Waals surface area contributed by atoms with Crippen molar-refractivity contribution in [1.82, 2.24) is 15.0 Å². The topological polar surface area (TPSA) is 41.6 Å². The largest absolute Gasteiger partial charge is 0.335 e. The minimum atomic E-state index is 0.380. The van der Waals surface area contributed by atoms with E-state index in [2.05, 4.69) is 51.4 Å². The fourth-order valence-electron chi connectivity index (χ4n) is 1.17. The van der Waals surface area contributed by atoms with Gasteiger partial charge in [-0.15, -0.1) is 0 Å². The Morgan fingerprint density at radius 2 is 2.23 bits per heavy atom. The summed E-state index contributed by atoms with van der Waals surface area (Å²) in [4.78, 5) is 11.9. The fourth-order valence-corrected chi connectivity index (χ4v) is 1.77. The van der Waals surface area contributed by atoms with Gasteiger partial charge in [0.05, 0.1) is 3.70 Å². The van der Waals surface area contributed by atoms with Gasteiger partial charge in [0.25, 0.3) is 0 Å². The molecule has 2 heterocycles. The third-order valence-corrected chi connectivity index (χ3v) is 2.45. The molecule has 0 spiro atoms. The van der Waals surface area contributed by atoms with Crippen molar-refractivity contribution in [2.75, 3.05) is 0 Å². The van der Waals surface area contributed by atoms with Crippen molar-refractivity contribution in [2.24, 2.45) is 0 Å². The molecule has 0 aliphatic carbocycles. The van der Waals surface area contributed by atoms with E-state index >= 15 is 0 Å². The van der Waals surface area contributed by atoms with Crippen molar-refractivity contribution in [3.8, 4) is 0 Å². The van der Waals surface area contributed by atoms with Crippen LogP contribution in [0.4, 0.5) is 0 Å². The van der Waals surface area contributed by atoms with Crippen LogP contribution in [0.5, 0.6) is 0 Å². The van der Waals surface area contributed by atoms with E-state index in [1.54, 1.807) is 0 Å². The van der Waals surface area contributed by atoms with Crippen LogP contribution in [-0.4, -0.2) is 15.0 Å². The minimum absolute atomic E-state index is 0.380. The van der Waals surface area contributed by atoms with E-state index in [0.717, 1.165) is 20.6 Å². The van der Waals surface area contributed by atoms with E-state index in [0.29, 0.717) is 5.92 Å². The van der Waals surface area contributed by atoms with Crippen LogP contribution in [0.1, 0.15) is 25.6 Å². The van der Waals surface area contributed by atoms with Crippen molar-refractivity contribution >= 4 is 33.6 Å². The average molecular weight is 287 g/mol. The molecule has 0 saturated heterocycles. The highest BCUT2D eigenvalue weighted by molar-refractivity contribution is 14.1. The first-order valence-corrected chi connectivity index (χ1v) is 5.26. The molecular weight excluding hydrogens is 277 g/mol. The lowest BCUT2D eigenvalue weighted by Crippen LogP contribution is -1.96. The molecule has 68 valence electrons. The Morgan fingerprint density at radius 3 is 2.92 bits per heavy atom. The number of nitrogens with one attached hydrogen (secondary N) is 1. The van der Waals surface area contributed by atoms with Gasteiger partial charge in [0.2, 0.25) is 0 Å². The van der Waals surface area contributed by atoms with Crippen molar-refractivity contribution < 1.29 is 0 Å². The number of halogens is 1. The Morgan fingerprint density at radius 1 is 1.46 bits per heavy atom. The molecule has 2 aromatic rings. The van der Waals surface area contributed by atoms with Crippen molar-refractivity contribution in [3.63, 3.8) is 0 Å². The molecule has 4 heteroatoms. The van der Waals surface area contributed by atoms with Crippen LogP contribution in [-0.2, 0) is 0 Å². The molecule has 3 nitrogen and oxygen atoms in total. The second kappa shape index (κ2) is 3.25. The lowest BCUT2D eigenvalue weighted by Gasteiger charge is -2.01. The van der Waals surface area contributed by atoms with E-state index in [9.17, 15) is 0 Å². The number of nitrogens with zero attached hydrogens (tertiary/aromatic N) is 2. The second-order valence-corrected chi connectivity index (χ2v) is 4.47. The molecule has 0 aliphatic rings. The monoisotopic (exact) mass is 287 g/mol. The van der Waals surface area contributed by atoms with E-state index in [4.69, 9.17) is 0 Å². The van der Waals surface area contributed by atoms with E-state index in [-0.39, 0.29) is 0 Å². The number of aromatic nitrogens is 3. The molecule has 0 fully saturated rings. The summed E-state index contributed by atoms with van der Waals surface area (Å²) in [6.45, 7) is 4.18. The standard InChI is InChI=1S/C9H10IN3/c1-5(2)8-11-4-6-3-7(10)12-9(6)13-8/h3-5H,1-2H3,(H,11,12,13). The van der Waals surface area contributed by atoms with Crippen LogP contribution < -0.4 is 0 Å². The summed E-state index contributed by atoms with van der Waals surface area (Å²) in [6.07, 6.45) is 1.87.